The van der Waals surface area contributed by atoms with Gasteiger partial charge in [0.2, 0.25) is 0 Å². The number of aliphatic imine (C=N–C) groups is 1. The van der Waals surface area contributed by atoms with E-state index < -0.39 is 0 Å². The zero-order valence-corrected chi connectivity index (χ0v) is 17.5. The minimum absolute atomic E-state index is 0. The number of rotatable bonds is 6. The van der Waals surface area contributed by atoms with E-state index in [9.17, 15) is 0 Å². The van der Waals surface area contributed by atoms with Gasteiger partial charge in [0.25, 0.3) is 0 Å². The Hall–Kier alpha value is -0.760. The molecule has 1 aromatic carbocycles. The van der Waals surface area contributed by atoms with Crippen molar-refractivity contribution in [3.8, 4) is 0 Å². The Labute approximate surface area is 165 Å². The summed E-state index contributed by atoms with van der Waals surface area (Å²) >= 11 is 3.54. The molecule has 1 aliphatic heterocycles. The predicted octanol–water partition coefficient (Wildman–Crippen LogP) is 3.63. The number of anilines is 1. The fourth-order valence-electron chi connectivity index (χ4n) is 2.62. The van der Waals surface area contributed by atoms with Gasteiger partial charge in [-0.25, -0.2) is 0 Å². The Balaban J connectivity index is 0.00000264. The highest BCUT2D eigenvalue weighted by atomic mass is 127. The minimum atomic E-state index is 0. The van der Waals surface area contributed by atoms with E-state index in [-0.39, 0.29) is 24.0 Å². The first-order chi connectivity index (χ1) is 10.7. The third-order valence-electron chi connectivity index (χ3n) is 3.72. The number of hydrogen-bond acceptors (Lipinski definition) is 2. The van der Waals surface area contributed by atoms with Crippen LogP contribution in [0.2, 0.25) is 0 Å². The molecule has 2 rings (SSSR count). The lowest BCUT2D eigenvalue weighted by atomic mass is 10.1. The average molecular weight is 493 g/mol. The molecule has 1 aromatic rings. The highest BCUT2D eigenvalue weighted by Gasteiger charge is 2.22. The number of hydrogen-bond donors (Lipinski definition) is 2. The Kier molecular flexibility index (Phi) is 9.62. The van der Waals surface area contributed by atoms with Gasteiger partial charge in [-0.1, -0.05) is 28.1 Å². The third-order valence-corrected chi connectivity index (χ3v) is 4.22. The van der Waals surface area contributed by atoms with Crippen LogP contribution in [-0.2, 0) is 0 Å². The van der Waals surface area contributed by atoms with Crippen molar-refractivity contribution in [3.05, 3.63) is 41.4 Å². The van der Waals surface area contributed by atoms with Crippen molar-refractivity contribution in [2.75, 3.05) is 37.6 Å². The molecule has 1 unspecified atom stereocenters. The molecule has 23 heavy (non-hydrogen) atoms. The van der Waals surface area contributed by atoms with Gasteiger partial charge in [-0.2, -0.15) is 0 Å². The van der Waals surface area contributed by atoms with Gasteiger partial charge in [-0.05, 0) is 37.5 Å². The maximum atomic E-state index is 4.69. The summed E-state index contributed by atoms with van der Waals surface area (Å²) in [6.45, 7) is 10.4. The van der Waals surface area contributed by atoms with Crippen LogP contribution in [0.1, 0.15) is 13.3 Å². The highest BCUT2D eigenvalue weighted by molar-refractivity contribution is 14.0. The lowest BCUT2D eigenvalue weighted by Crippen LogP contribution is -2.37. The number of benzene rings is 1. The Morgan fingerprint density at radius 3 is 3.00 bits per heavy atom. The van der Waals surface area contributed by atoms with Crippen LogP contribution in [0, 0.1) is 5.92 Å². The number of guanidine groups is 1. The average Bonchev–Trinajstić information content (AvgIpc) is 2.99. The van der Waals surface area contributed by atoms with Gasteiger partial charge >= 0.3 is 0 Å². The van der Waals surface area contributed by atoms with E-state index in [0.29, 0.717) is 5.92 Å². The largest absolute Gasteiger partial charge is 0.371 e. The fraction of sp³-hybridized carbons (Fsp3) is 0.471. The molecule has 6 heteroatoms. The first kappa shape index (κ1) is 20.3. The molecule has 0 aliphatic carbocycles. The maximum absolute atomic E-state index is 4.69. The Morgan fingerprint density at radius 1 is 1.48 bits per heavy atom. The van der Waals surface area contributed by atoms with Gasteiger partial charge in [0.15, 0.2) is 5.96 Å². The van der Waals surface area contributed by atoms with Crippen LogP contribution >= 0.6 is 39.9 Å². The number of halogens is 2. The molecular formula is C17H26BrIN4. The molecule has 0 saturated carbocycles. The van der Waals surface area contributed by atoms with Crippen LogP contribution in [0.15, 0.2) is 46.4 Å². The maximum Gasteiger partial charge on any atom is 0.191 e. The van der Waals surface area contributed by atoms with Gasteiger partial charge in [-0.15, -0.1) is 30.6 Å². The summed E-state index contributed by atoms with van der Waals surface area (Å²) in [6.07, 6.45) is 3.04. The monoisotopic (exact) mass is 492 g/mol. The molecule has 0 amide bonds. The summed E-state index contributed by atoms with van der Waals surface area (Å²) in [4.78, 5) is 7.13. The lowest BCUT2D eigenvalue weighted by molar-refractivity contribution is 0.600. The quantitative estimate of drug-likeness (QED) is 0.275. The number of nitrogens with one attached hydrogen (secondary N) is 2. The first-order valence-electron chi connectivity index (χ1n) is 7.86. The standard InChI is InChI=1S/C17H25BrN4.HI/c1-3-9-20-17(19-4-2)21-12-14-8-10-22(13-14)16-7-5-6-15(18)11-16;/h3,5-7,11,14H,1,4,8-10,12-13H2,2H3,(H2,19,20,21);1H. The van der Waals surface area contributed by atoms with Crippen LogP contribution in [-0.4, -0.2) is 38.7 Å². The minimum Gasteiger partial charge on any atom is -0.371 e. The van der Waals surface area contributed by atoms with E-state index >= 15 is 0 Å². The van der Waals surface area contributed by atoms with Gasteiger partial charge in [0, 0.05) is 42.9 Å². The number of nitrogens with zero attached hydrogens (tertiary/aromatic N) is 2. The van der Waals surface area contributed by atoms with Crippen molar-refractivity contribution in [3.63, 3.8) is 0 Å². The molecule has 1 fully saturated rings. The predicted molar refractivity (Wildman–Crippen MR) is 114 cm³/mol. The molecule has 2 N–H and O–H groups in total. The molecule has 1 saturated heterocycles. The fourth-order valence-corrected chi connectivity index (χ4v) is 3.01. The summed E-state index contributed by atoms with van der Waals surface area (Å²) in [6, 6.07) is 8.51. The lowest BCUT2D eigenvalue weighted by Gasteiger charge is -2.18. The van der Waals surface area contributed by atoms with E-state index in [1.165, 1.54) is 12.1 Å². The molecule has 1 aliphatic rings. The van der Waals surface area contributed by atoms with Gasteiger partial charge < -0.3 is 15.5 Å². The molecule has 1 atom stereocenters. The Bertz CT molecular complexity index is 521. The molecule has 1 heterocycles. The summed E-state index contributed by atoms with van der Waals surface area (Å²) in [5, 5.41) is 6.51. The molecule has 0 aromatic heterocycles. The second kappa shape index (κ2) is 10.9. The zero-order chi connectivity index (χ0) is 15.8. The van der Waals surface area contributed by atoms with E-state index in [0.717, 1.165) is 43.2 Å². The summed E-state index contributed by atoms with van der Waals surface area (Å²) in [5.41, 5.74) is 1.29. The van der Waals surface area contributed by atoms with Crippen LogP contribution < -0.4 is 15.5 Å². The van der Waals surface area contributed by atoms with Gasteiger partial charge in [0.1, 0.15) is 0 Å². The molecule has 0 radical (unpaired) electrons. The van der Waals surface area contributed by atoms with E-state index in [2.05, 4.69) is 74.2 Å². The third kappa shape index (κ3) is 6.71. The first-order valence-corrected chi connectivity index (χ1v) is 8.65. The molecule has 4 nitrogen and oxygen atoms in total. The van der Waals surface area contributed by atoms with Crippen LogP contribution in [0.5, 0.6) is 0 Å². The van der Waals surface area contributed by atoms with Crippen LogP contribution in [0.4, 0.5) is 5.69 Å². The smallest absolute Gasteiger partial charge is 0.191 e. The summed E-state index contributed by atoms with van der Waals surface area (Å²) < 4.78 is 1.13. The summed E-state index contributed by atoms with van der Waals surface area (Å²) in [5.74, 6) is 1.49. The van der Waals surface area contributed by atoms with Crippen molar-refractivity contribution in [1.82, 2.24) is 10.6 Å². The Morgan fingerprint density at radius 2 is 2.30 bits per heavy atom. The van der Waals surface area contributed by atoms with Crippen molar-refractivity contribution in [2.45, 2.75) is 13.3 Å². The SMILES string of the molecule is C=CCNC(=NCC1CCN(c2cccc(Br)c2)C1)NCC.I. The highest BCUT2D eigenvalue weighted by Crippen LogP contribution is 2.26. The van der Waals surface area contributed by atoms with E-state index in [4.69, 9.17) is 0 Å². The molecular weight excluding hydrogens is 467 g/mol. The molecule has 128 valence electrons. The second-order valence-corrected chi connectivity index (χ2v) is 6.39. The van der Waals surface area contributed by atoms with Crippen LogP contribution in [0.3, 0.4) is 0 Å². The van der Waals surface area contributed by atoms with Crippen molar-refractivity contribution in [1.29, 1.82) is 0 Å². The van der Waals surface area contributed by atoms with Crippen molar-refractivity contribution < 1.29 is 0 Å². The molecule has 0 bridgehead atoms. The van der Waals surface area contributed by atoms with Crippen molar-refractivity contribution in [2.24, 2.45) is 10.9 Å². The normalized spacial score (nSPS) is 17.6. The van der Waals surface area contributed by atoms with Crippen LogP contribution in [0.25, 0.3) is 0 Å². The second-order valence-electron chi connectivity index (χ2n) is 5.47. The van der Waals surface area contributed by atoms with Crippen molar-refractivity contribution >= 4 is 51.6 Å². The summed E-state index contributed by atoms with van der Waals surface area (Å²) in [7, 11) is 0. The van der Waals surface area contributed by atoms with E-state index in [1.54, 1.807) is 0 Å². The topological polar surface area (TPSA) is 39.7 Å². The molecule has 0 spiro atoms. The zero-order valence-electron chi connectivity index (χ0n) is 13.6. The van der Waals surface area contributed by atoms with Gasteiger partial charge in [-0.3, -0.25) is 4.99 Å². The van der Waals surface area contributed by atoms with E-state index in [1.807, 2.05) is 6.08 Å². The van der Waals surface area contributed by atoms with Gasteiger partial charge in [0.05, 0.1) is 0 Å².